The van der Waals surface area contributed by atoms with Gasteiger partial charge in [-0.05, 0) is 30.3 Å². The Balaban J connectivity index is 1.16. The standard InChI is InChI=1S/C25H22F3N5OS/c26-25(27,28)22-10-11-33(30-22)21-8-6-19(7-9-21)24(34)32-14-12-31(13-15-32)16-20-17-35-23(29-20)18-4-2-1-3-5-18/h1-11,17H,12-16H2. The Morgan fingerprint density at radius 3 is 2.31 bits per heavy atom. The summed E-state index contributed by atoms with van der Waals surface area (Å²) in [4.78, 5) is 21.8. The molecule has 0 saturated carbocycles. The van der Waals surface area contributed by atoms with Crippen LogP contribution in [0.15, 0.2) is 72.2 Å². The number of alkyl halides is 3. The van der Waals surface area contributed by atoms with E-state index in [0.29, 0.717) is 24.3 Å². The van der Waals surface area contributed by atoms with Gasteiger partial charge >= 0.3 is 6.18 Å². The Kier molecular flexibility index (Phi) is 6.40. The maximum Gasteiger partial charge on any atom is 0.435 e. The third kappa shape index (κ3) is 5.28. The van der Waals surface area contributed by atoms with E-state index in [1.165, 1.54) is 6.20 Å². The molecule has 2 aromatic heterocycles. The second-order valence-electron chi connectivity index (χ2n) is 8.27. The number of carbonyl (C=O) groups is 1. The summed E-state index contributed by atoms with van der Waals surface area (Å²) in [5, 5.41) is 6.65. The Labute approximate surface area is 204 Å². The highest BCUT2D eigenvalue weighted by molar-refractivity contribution is 7.13. The second-order valence-corrected chi connectivity index (χ2v) is 9.13. The van der Waals surface area contributed by atoms with E-state index < -0.39 is 11.9 Å². The lowest BCUT2D eigenvalue weighted by Gasteiger charge is -2.34. The zero-order chi connectivity index (χ0) is 24.4. The molecule has 1 fully saturated rings. The Morgan fingerprint density at radius 2 is 1.66 bits per heavy atom. The quantitative estimate of drug-likeness (QED) is 0.391. The number of aromatic nitrogens is 3. The van der Waals surface area contributed by atoms with Gasteiger partial charge in [-0.15, -0.1) is 11.3 Å². The number of nitrogens with zero attached hydrogens (tertiary/aromatic N) is 5. The van der Waals surface area contributed by atoms with Crippen molar-refractivity contribution in [2.24, 2.45) is 0 Å². The van der Waals surface area contributed by atoms with Gasteiger partial charge in [-0.3, -0.25) is 9.69 Å². The molecule has 0 N–H and O–H groups in total. The third-order valence-electron chi connectivity index (χ3n) is 5.88. The average molecular weight is 498 g/mol. The molecule has 10 heteroatoms. The summed E-state index contributed by atoms with van der Waals surface area (Å²) in [6.45, 7) is 3.43. The Bertz CT molecular complexity index is 1290. The van der Waals surface area contributed by atoms with Crippen molar-refractivity contribution in [3.05, 3.63) is 89.2 Å². The largest absolute Gasteiger partial charge is 0.435 e. The topological polar surface area (TPSA) is 54.3 Å². The molecular formula is C25H22F3N5OS. The van der Waals surface area contributed by atoms with Gasteiger partial charge in [0, 0.05) is 55.4 Å². The van der Waals surface area contributed by atoms with E-state index in [9.17, 15) is 18.0 Å². The van der Waals surface area contributed by atoms with E-state index in [4.69, 9.17) is 4.98 Å². The van der Waals surface area contributed by atoms with Crippen molar-refractivity contribution in [2.75, 3.05) is 26.2 Å². The minimum atomic E-state index is -4.49. The van der Waals surface area contributed by atoms with Crippen LogP contribution >= 0.6 is 11.3 Å². The van der Waals surface area contributed by atoms with Gasteiger partial charge in [-0.2, -0.15) is 18.3 Å². The van der Waals surface area contributed by atoms with Gasteiger partial charge < -0.3 is 4.90 Å². The molecule has 180 valence electrons. The van der Waals surface area contributed by atoms with Gasteiger partial charge in [0.15, 0.2) is 5.69 Å². The van der Waals surface area contributed by atoms with Crippen LogP contribution < -0.4 is 0 Å². The lowest BCUT2D eigenvalue weighted by Crippen LogP contribution is -2.48. The highest BCUT2D eigenvalue weighted by atomic mass is 32.1. The van der Waals surface area contributed by atoms with Gasteiger partial charge in [0.1, 0.15) is 5.01 Å². The van der Waals surface area contributed by atoms with Crippen LogP contribution in [0.3, 0.4) is 0 Å². The predicted molar refractivity (Wildman–Crippen MR) is 127 cm³/mol. The number of hydrogen-bond donors (Lipinski definition) is 0. The van der Waals surface area contributed by atoms with E-state index >= 15 is 0 Å². The first-order chi connectivity index (χ1) is 16.9. The number of piperazine rings is 1. The van der Waals surface area contributed by atoms with Crippen LogP contribution in [0.1, 0.15) is 21.7 Å². The molecule has 1 aliphatic heterocycles. The summed E-state index contributed by atoms with van der Waals surface area (Å²) in [5.41, 5.74) is 2.14. The first-order valence-corrected chi connectivity index (χ1v) is 12.0. The molecule has 1 saturated heterocycles. The molecule has 5 rings (SSSR count). The van der Waals surface area contributed by atoms with Crippen LogP contribution in [0.25, 0.3) is 16.3 Å². The molecule has 0 aliphatic carbocycles. The summed E-state index contributed by atoms with van der Waals surface area (Å²) < 4.78 is 39.5. The highest BCUT2D eigenvalue weighted by Gasteiger charge is 2.33. The number of benzene rings is 2. The normalized spacial score (nSPS) is 14.9. The lowest BCUT2D eigenvalue weighted by molar-refractivity contribution is -0.141. The van der Waals surface area contributed by atoms with Gasteiger partial charge in [0.25, 0.3) is 5.91 Å². The minimum Gasteiger partial charge on any atom is -0.336 e. The van der Waals surface area contributed by atoms with Crippen LogP contribution in [-0.2, 0) is 12.7 Å². The van der Waals surface area contributed by atoms with Gasteiger partial charge in [-0.25, -0.2) is 9.67 Å². The predicted octanol–water partition coefficient (Wildman–Crippen LogP) is 4.97. The Hall–Kier alpha value is -3.50. The molecule has 3 heterocycles. The zero-order valence-electron chi connectivity index (χ0n) is 18.7. The average Bonchev–Trinajstić information content (AvgIpc) is 3.55. The van der Waals surface area contributed by atoms with Crippen molar-refractivity contribution in [2.45, 2.75) is 12.7 Å². The minimum absolute atomic E-state index is 0.0901. The molecule has 0 atom stereocenters. The fourth-order valence-corrected chi connectivity index (χ4v) is 4.81. The number of rotatable bonds is 5. The van der Waals surface area contributed by atoms with Crippen LogP contribution in [-0.4, -0.2) is 56.7 Å². The first kappa shape index (κ1) is 23.3. The fraction of sp³-hybridized carbons (Fsp3) is 0.240. The van der Waals surface area contributed by atoms with Gasteiger partial charge in [0.2, 0.25) is 0 Å². The first-order valence-electron chi connectivity index (χ1n) is 11.1. The van der Waals surface area contributed by atoms with Gasteiger partial charge in [-0.1, -0.05) is 30.3 Å². The Morgan fingerprint density at radius 1 is 0.943 bits per heavy atom. The molecule has 2 aromatic carbocycles. The maximum absolute atomic E-state index is 12.9. The van der Waals surface area contributed by atoms with Crippen LogP contribution in [0.4, 0.5) is 13.2 Å². The number of carbonyl (C=O) groups excluding carboxylic acids is 1. The van der Waals surface area contributed by atoms with E-state index in [1.54, 1.807) is 40.5 Å². The fourth-order valence-electron chi connectivity index (χ4n) is 3.99. The second kappa shape index (κ2) is 9.63. The summed E-state index contributed by atoms with van der Waals surface area (Å²) in [7, 11) is 0. The molecule has 6 nitrogen and oxygen atoms in total. The molecule has 1 amide bonds. The summed E-state index contributed by atoms with van der Waals surface area (Å²) in [6.07, 6.45) is -3.24. The molecule has 0 bridgehead atoms. The maximum atomic E-state index is 12.9. The smallest absolute Gasteiger partial charge is 0.336 e. The van der Waals surface area contributed by atoms with Crippen molar-refractivity contribution < 1.29 is 18.0 Å². The number of hydrogen-bond acceptors (Lipinski definition) is 5. The molecule has 0 spiro atoms. The van der Waals surface area contributed by atoms with E-state index in [1.807, 2.05) is 30.3 Å². The van der Waals surface area contributed by atoms with E-state index in [-0.39, 0.29) is 5.91 Å². The SMILES string of the molecule is O=C(c1ccc(-n2ccc(C(F)(F)F)n2)cc1)N1CCN(Cc2csc(-c3ccccc3)n2)CC1. The molecule has 4 aromatic rings. The van der Waals surface area contributed by atoms with Crippen molar-refractivity contribution in [3.8, 4) is 16.3 Å². The van der Waals surface area contributed by atoms with Crippen molar-refractivity contribution in [3.63, 3.8) is 0 Å². The van der Waals surface area contributed by atoms with Crippen LogP contribution in [0.5, 0.6) is 0 Å². The van der Waals surface area contributed by atoms with Crippen molar-refractivity contribution >= 4 is 17.2 Å². The molecule has 35 heavy (non-hydrogen) atoms. The van der Waals surface area contributed by atoms with Gasteiger partial charge in [0.05, 0.1) is 11.4 Å². The summed E-state index contributed by atoms with van der Waals surface area (Å²) >= 11 is 1.63. The molecule has 0 unspecified atom stereocenters. The highest BCUT2D eigenvalue weighted by Crippen LogP contribution is 2.28. The zero-order valence-corrected chi connectivity index (χ0v) is 19.5. The van der Waals surface area contributed by atoms with E-state index in [0.717, 1.165) is 46.6 Å². The van der Waals surface area contributed by atoms with Crippen molar-refractivity contribution in [1.82, 2.24) is 24.6 Å². The molecule has 0 radical (unpaired) electrons. The van der Waals surface area contributed by atoms with Crippen LogP contribution in [0.2, 0.25) is 0 Å². The van der Waals surface area contributed by atoms with E-state index in [2.05, 4.69) is 15.4 Å². The number of thiazole rings is 1. The monoisotopic (exact) mass is 497 g/mol. The third-order valence-corrected chi connectivity index (χ3v) is 6.82. The lowest BCUT2D eigenvalue weighted by atomic mass is 10.1. The number of halogens is 3. The van der Waals surface area contributed by atoms with Crippen LogP contribution in [0, 0.1) is 0 Å². The summed E-state index contributed by atoms with van der Waals surface area (Å²) in [6, 6.07) is 17.5. The summed E-state index contributed by atoms with van der Waals surface area (Å²) in [5.74, 6) is -0.0901. The molecular weight excluding hydrogens is 475 g/mol. The number of amides is 1. The van der Waals surface area contributed by atoms with Crippen molar-refractivity contribution in [1.29, 1.82) is 0 Å². The molecule has 1 aliphatic rings.